The molecule has 0 spiro atoms. The van der Waals surface area contributed by atoms with Crippen molar-refractivity contribution < 1.29 is 9.59 Å². The Morgan fingerprint density at radius 1 is 1.11 bits per heavy atom. The predicted molar refractivity (Wildman–Crippen MR) is 104 cm³/mol. The second-order valence-corrected chi connectivity index (χ2v) is 6.72. The van der Waals surface area contributed by atoms with E-state index < -0.39 is 0 Å². The first kappa shape index (κ1) is 18.8. The Morgan fingerprint density at radius 3 is 2.52 bits per heavy atom. The van der Waals surface area contributed by atoms with Gasteiger partial charge in [0, 0.05) is 30.7 Å². The number of benzene rings is 1. The number of halogens is 1. The highest BCUT2D eigenvalue weighted by atomic mass is 35.5. The Labute approximate surface area is 161 Å². The van der Waals surface area contributed by atoms with Gasteiger partial charge in [-0.15, -0.1) is 0 Å². The number of hydrogen-bond donors (Lipinski definition) is 2. The number of carbonyl (C=O) groups excluding carboxylic acids is 2. The molecule has 0 unspecified atom stereocenters. The van der Waals surface area contributed by atoms with Gasteiger partial charge in [-0.2, -0.15) is 5.10 Å². The summed E-state index contributed by atoms with van der Waals surface area (Å²) in [6.07, 6.45) is 3.23. The zero-order valence-corrected chi connectivity index (χ0v) is 15.8. The van der Waals surface area contributed by atoms with Crippen molar-refractivity contribution in [1.82, 2.24) is 25.4 Å². The quantitative estimate of drug-likeness (QED) is 0.638. The van der Waals surface area contributed by atoms with Gasteiger partial charge < -0.3 is 10.6 Å². The van der Waals surface area contributed by atoms with E-state index in [1.54, 1.807) is 41.2 Å². The van der Waals surface area contributed by atoms with E-state index in [1.807, 2.05) is 13.8 Å². The normalized spacial score (nSPS) is 11.0. The molecule has 0 aliphatic rings. The minimum atomic E-state index is -0.279. The minimum absolute atomic E-state index is 0.191. The van der Waals surface area contributed by atoms with Gasteiger partial charge in [-0.05, 0) is 32.0 Å². The number of aromatic nitrogens is 3. The van der Waals surface area contributed by atoms with E-state index in [1.165, 1.54) is 6.20 Å². The number of fused-ring (bicyclic) bond motifs is 1. The lowest BCUT2D eigenvalue weighted by atomic mass is 10.2. The monoisotopic (exact) mass is 385 g/mol. The Hall–Kier alpha value is -2.93. The van der Waals surface area contributed by atoms with Crippen LogP contribution in [0, 0.1) is 0 Å². The summed E-state index contributed by atoms with van der Waals surface area (Å²) in [5.74, 6) is -0.535. The maximum atomic E-state index is 12.3. The van der Waals surface area contributed by atoms with Gasteiger partial charge in [0.1, 0.15) is 0 Å². The first-order chi connectivity index (χ1) is 13.0. The van der Waals surface area contributed by atoms with Crippen LogP contribution in [0.15, 0.2) is 42.7 Å². The van der Waals surface area contributed by atoms with Crippen LogP contribution in [0.25, 0.3) is 11.0 Å². The van der Waals surface area contributed by atoms with Crippen molar-refractivity contribution >= 4 is 34.4 Å². The van der Waals surface area contributed by atoms with Crippen LogP contribution in [-0.4, -0.2) is 39.7 Å². The summed E-state index contributed by atoms with van der Waals surface area (Å²) in [7, 11) is 0. The van der Waals surface area contributed by atoms with Gasteiger partial charge in [0.05, 0.1) is 22.3 Å². The van der Waals surface area contributed by atoms with E-state index >= 15 is 0 Å². The summed E-state index contributed by atoms with van der Waals surface area (Å²) in [4.78, 5) is 28.7. The van der Waals surface area contributed by atoms with Crippen molar-refractivity contribution in [3.8, 4) is 0 Å². The van der Waals surface area contributed by atoms with Gasteiger partial charge in [0.2, 0.25) is 0 Å². The molecule has 3 rings (SSSR count). The van der Waals surface area contributed by atoms with E-state index in [0.717, 1.165) is 11.0 Å². The number of hydrogen-bond acceptors (Lipinski definition) is 4. The molecule has 0 saturated carbocycles. The fourth-order valence-corrected chi connectivity index (χ4v) is 2.86. The third-order valence-electron chi connectivity index (χ3n) is 4.00. The lowest BCUT2D eigenvalue weighted by Gasteiger charge is -2.09. The molecular formula is C19H20ClN5O2. The van der Waals surface area contributed by atoms with E-state index in [-0.39, 0.29) is 30.9 Å². The maximum absolute atomic E-state index is 12.3. The lowest BCUT2D eigenvalue weighted by molar-refractivity contribution is 0.0927. The molecule has 2 aromatic heterocycles. The number of nitrogens with zero attached hydrogens (tertiary/aromatic N) is 3. The molecule has 2 N–H and O–H groups in total. The molecule has 0 bridgehead atoms. The predicted octanol–water partition coefficient (Wildman–Crippen LogP) is 2.83. The van der Waals surface area contributed by atoms with Crippen LogP contribution in [0.4, 0.5) is 0 Å². The molecule has 2 heterocycles. The molecular weight excluding hydrogens is 366 g/mol. The number of amides is 2. The standard InChI is InChI=1S/C19H20ClN5O2/c1-12(2)25-17-13(11-24-25)9-14(10-23-17)18(26)21-7-8-22-19(27)15-5-3-4-6-16(15)20/h3-6,9-12H,7-8H2,1-2H3,(H,21,26)(H,22,27). The highest BCUT2D eigenvalue weighted by molar-refractivity contribution is 6.33. The Kier molecular flexibility index (Phi) is 5.71. The average molecular weight is 386 g/mol. The average Bonchev–Trinajstić information content (AvgIpc) is 3.08. The van der Waals surface area contributed by atoms with Crippen LogP contribution in [0.2, 0.25) is 5.02 Å². The fraction of sp³-hybridized carbons (Fsp3) is 0.263. The second-order valence-electron chi connectivity index (χ2n) is 6.31. The molecule has 1 aromatic carbocycles. The van der Waals surface area contributed by atoms with Crippen molar-refractivity contribution in [2.75, 3.05) is 13.1 Å². The first-order valence-electron chi connectivity index (χ1n) is 8.61. The van der Waals surface area contributed by atoms with Gasteiger partial charge >= 0.3 is 0 Å². The summed E-state index contributed by atoms with van der Waals surface area (Å²) in [5, 5.41) is 11.0. The third kappa shape index (κ3) is 4.25. The topological polar surface area (TPSA) is 88.9 Å². The van der Waals surface area contributed by atoms with Crippen molar-refractivity contribution in [1.29, 1.82) is 0 Å². The molecule has 0 aliphatic carbocycles. The summed E-state index contributed by atoms with van der Waals surface area (Å²) in [6.45, 7) is 4.62. The zero-order valence-electron chi connectivity index (χ0n) is 15.1. The van der Waals surface area contributed by atoms with Crippen molar-refractivity contribution in [2.24, 2.45) is 0 Å². The Balaban J connectivity index is 1.54. The molecule has 3 aromatic rings. The number of rotatable bonds is 6. The SMILES string of the molecule is CC(C)n1ncc2cc(C(=O)NCCNC(=O)c3ccccc3Cl)cnc21. The minimum Gasteiger partial charge on any atom is -0.350 e. The van der Waals surface area contributed by atoms with Gasteiger partial charge in [-0.1, -0.05) is 23.7 Å². The Morgan fingerprint density at radius 2 is 1.81 bits per heavy atom. The van der Waals surface area contributed by atoms with E-state index in [2.05, 4.69) is 20.7 Å². The molecule has 0 fully saturated rings. The van der Waals surface area contributed by atoms with Crippen LogP contribution in [0.1, 0.15) is 40.6 Å². The highest BCUT2D eigenvalue weighted by Crippen LogP contribution is 2.16. The number of nitrogens with one attached hydrogen (secondary N) is 2. The second kappa shape index (κ2) is 8.18. The van der Waals surface area contributed by atoms with Crippen LogP contribution in [-0.2, 0) is 0 Å². The van der Waals surface area contributed by atoms with Crippen LogP contribution >= 0.6 is 11.6 Å². The molecule has 0 radical (unpaired) electrons. The molecule has 2 amide bonds. The molecule has 7 nitrogen and oxygen atoms in total. The van der Waals surface area contributed by atoms with E-state index in [4.69, 9.17) is 11.6 Å². The fourth-order valence-electron chi connectivity index (χ4n) is 2.64. The number of pyridine rings is 1. The first-order valence-corrected chi connectivity index (χ1v) is 8.99. The zero-order chi connectivity index (χ0) is 19.4. The molecule has 0 atom stereocenters. The van der Waals surface area contributed by atoms with Crippen LogP contribution < -0.4 is 10.6 Å². The van der Waals surface area contributed by atoms with Crippen molar-refractivity contribution in [2.45, 2.75) is 19.9 Å². The number of carbonyl (C=O) groups is 2. The summed E-state index contributed by atoms with van der Waals surface area (Å²) in [5.41, 5.74) is 1.60. The smallest absolute Gasteiger partial charge is 0.252 e. The van der Waals surface area contributed by atoms with Gasteiger partial charge in [-0.3, -0.25) is 9.59 Å². The molecule has 0 saturated heterocycles. The largest absolute Gasteiger partial charge is 0.350 e. The molecule has 0 aliphatic heterocycles. The lowest BCUT2D eigenvalue weighted by Crippen LogP contribution is -2.34. The van der Waals surface area contributed by atoms with Crippen LogP contribution in [0.5, 0.6) is 0 Å². The maximum Gasteiger partial charge on any atom is 0.252 e. The Bertz CT molecular complexity index is 983. The summed E-state index contributed by atoms with van der Waals surface area (Å²) < 4.78 is 1.81. The van der Waals surface area contributed by atoms with E-state index in [0.29, 0.717) is 16.1 Å². The van der Waals surface area contributed by atoms with Crippen molar-refractivity contribution in [3.05, 3.63) is 58.9 Å². The van der Waals surface area contributed by atoms with Gasteiger partial charge in [0.15, 0.2) is 5.65 Å². The van der Waals surface area contributed by atoms with Gasteiger partial charge in [-0.25, -0.2) is 9.67 Å². The molecule has 8 heteroatoms. The van der Waals surface area contributed by atoms with Crippen LogP contribution in [0.3, 0.4) is 0 Å². The van der Waals surface area contributed by atoms with Gasteiger partial charge in [0.25, 0.3) is 11.8 Å². The molecule has 140 valence electrons. The summed E-state index contributed by atoms with van der Waals surface area (Å²) in [6, 6.07) is 8.75. The highest BCUT2D eigenvalue weighted by Gasteiger charge is 2.12. The van der Waals surface area contributed by atoms with E-state index in [9.17, 15) is 9.59 Å². The summed E-state index contributed by atoms with van der Waals surface area (Å²) >= 11 is 5.99. The van der Waals surface area contributed by atoms with Crippen molar-refractivity contribution in [3.63, 3.8) is 0 Å². The third-order valence-corrected chi connectivity index (χ3v) is 4.33. The molecule has 27 heavy (non-hydrogen) atoms.